The van der Waals surface area contributed by atoms with E-state index in [9.17, 15) is 19.2 Å². The summed E-state index contributed by atoms with van der Waals surface area (Å²) >= 11 is 0. The van der Waals surface area contributed by atoms with Crippen molar-refractivity contribution in [2.45, 2.75) is 39.5 Å². The molecular formula is C10H16O6. The quantitative estimate of drug-likeness (QED) is 0.519. The molecule has 0 aromatic carbocycles. The normalized spacial score (nSPS) is 8.62. The molecule has 0 saturated carbocycles. The molecule has 6 heteroatoms. The number of hydrogen-bond donors (Lipinski definition) is 2. The fourth-order valence-corrected chi connectivity index (χ4v) is 0.628. The van der Waals surface area contributed by atoms with Crippen LogP contribution >= 0.6 is 0 Å². The first-order valence-corrected chi connectivity index (χ1v) is 4.84. The number of carbonyl (C=O) groups is 4. The largest absolute Gasteiger partial charge is 0.481 e. The van der Waals surface area contributed by atoms with Crippen molar-refractivity contribution in [2.75, 3.05) is 0 Å². The average Bonchev–Trinajstić information content (AvgIpc) is 2.18. The van der Waals surface area contributed by atoms with E-state index < -0.39 is 17.7 Å². The van der Waals surface area contributed by atoms with Gasteiger partial charge in [0.1, 0.15) is 12.2 Å². The fourth-order valence-electron chi connectivity index (χ4n) is 0.628. The standard InChI is InChI=1S/2C5H8O3/c1-2-4(6)3-5(7)8;1-2-3-4(6)5(7)8/h2*2-3H2,1H3,(H,7,8). The molecule has 0 amide bonds. The minimum atomic E-state index is -1.33. The minimum Gasteiger partial charge on any atom is -0.481 e. The number of rotatable bonds is 6. The Balaban J connectivity index is 0. The van der Waals surface area contributed by atoms with E-state index in [-0.39, 0.29) is 18.6 Å². The maximum atomic E-state index is 10.2. The number of carboxylic acids is 2. The lowest BCUT2D eigenvalue weighted by molar-refractivity contribution is -0.149. The molecular weight excluding hydrogens is 216 g/mol. The van der Waals surface area contributed by atoms with Gasteiger partial charge >= 0.3 is 11.9 Å². The third-order valence-electron chi connectivity index (χ3n) is 1.46. The van der Waals surface area contributed by atoms with Crippen molar-refractivity contribution in [3.8, 4) is 0 Å². The molecule has 0 bridgehead atoms. The monoisotopic (exact) mass is 232 g/mol. The highest BCUT2D eigenvalue weighted by atomic mass is 16.4. The highest BCUT2D eigenvalue weighted by molar-refractivity contribution is 6.32. The Bertz CT molecular complexity index is 268. The molecule has 92 valence electrons. The third-order valence-corrected chi connectivity index (χ3v) is 1.46. The van der Waals surface area contributed by atoms with Gasteiger partial charge in [0.05, 0.1) is 0 Å². The van der Waals surface area contributed by atoms with Gasteiger partial charge in [0.2, 0.25) is 5.78 Å². The molecule has 6 nitrogen and oxygen atoms in total. The van der Waals surface area contributed by atoms with Crippen molar-refractivity contribution >= 4 is 23.5 Å². The van der Waals surface area contributed by atoms with Gasteiger partial charge in [-0.15, -0.1) is 0 Å². The zero-order chi connectivity index (χ0) is 13.1. The molecule has 0 unspecified atom stereocenters. The first kappa shape index (κ1) is 16.7. The maximum absolute atomic E-state index is 10.2. The second-order valence-corrected chi connectivity index (χ2v) is 2.94. The summed E-state index contributed by atoms with van der Waals surface area (Å²) in [5.41, 5.74) is 0. The lowest BCUT2D eigenvalue weighted by atomic mass is 10.2. The maximum Gasteiger partial charge on any atom is 0.372 e. The van der Waals surface area contributed by atoms with E-state index in [4.69, 9.17) is 10.2 Å². The van der Waals surface area contributed by atoms with Crippen molar-refractivity contribution in [1.82, 2.24) is 0 Å². The summed E-state index contributed by atoms with van der Waals surface area (Å²) in [7, 11) is 0. The van der Waals surface area contributed by atoms with Crippen LogP contribution in [0.1, 0.15) is 39.5 Å². The molecule has 16 heavy (non-hydrogen) atoms. The molecule has 0 spiro atoms. The number of carboxylic acid groups (broad SMARTS) is 2. The smallest absolute Gasteiger partial charge is 0.372 e. The summed E-state index contributed by atoms with van der Waals surface area (Å²) in [5, 5.41) is 16.0. The van der Waals surface area contributed by atoms with Crippen molar-refractivity contribution in [3.63, 3.8) is 0 Å². The highest BCUT2D eigenvalue weighted by Crippen LogP contribution is 1.87. The molecule has 2 N–H and O–H groups in total. The van der Waals surface area contributed by atoms with Gasteiger partial charge < -0.3 is 10.2 Å². The van der Waals surface area contributed by atoms with Gasteiger partial charge in [0, 0.05) is 12.8 Å². The van der Waals surface area contributed by atoms with Crippen LogP contribution in [0.3, 0.4) is 0 Å². The Kier molecular flexibility index (Phi) is 10.3. The van der Waals surface area contributed by atoms with E-state index in [0.29, 0.717) is 12.8 Å². The van der Waals surface area contributed by atoms with Crippen LogP contribution in [0.4, 0.5) is 0 Å². The summed E-state index contributed by atoms with van der Waals surface area (Å²) < 4.78 is 0. The Morgan fingerprint density at radius 3 is 1.62 bits per heavy atom. The van der Waals surface area contributed by atoms with E-state index in [1.807, 2.05) is 0 Å². The molecule has 0 radical (unpaired) electrons. The Morgan fingerprint density at radius 2 is 1.50 bits per heavy atom. The Hall–Kier alpha value is -1.72. The molecule has 0 rings (SSSR count). The number of aliphatic carboxylic acids is 2. The Morgan fingerprint density at radius 1 is 1.00 bits per heavy atom. The van der Waals surface area contributed by atoms with Crippen LogP contribution in [0.15, 0.2) is 0 Å². The first-order chi connectivity index (χ1) is 7.34. The Labute approximate surface area is 93.3 Å². The molecule has 0 aliphatic carbocycles. The van der Waals surface area contributed by atoms with Gasteiger partial charge in [0.15, 0.2) is 0 Å². The van der Waals surface area contributed by atoms with E-state index in [1.165, 1.54) is 0 Å². The molecule has 0 fully saturated rings. The summed E-state index contributed by atoms with van der Waals surface area (Å²) in [6.45, 7) is 3.41. The number of ketones is 2. The zero-order valence-corrected chi connectivity index (χ0v) is 9.36. The summed E-state index contributed by atoms with van der Waals surface area (Å²) in [5.74, 6) is -3.30. The lowest BCUT2D eigenvalue weighted by Crippen LogP contribution is -2.10. The van der Waals surface area contributed by atoms with Gasteiger partial charge in [0.25, 0.3) is 0 Å². The fraction of sp³-hybridized carbons (Fsp3) is 0.600. The van der Waals surface area contributed by atoms with E-state index in [1.54, 1.807) is 13.8 Å². The number of carbonyl (C=O) groups excluding carboxylic acids is 2. The molecule has 0 heterocycles. The van der Waals surface area contributed by atoms with E-state index in [0.717, 1.165) is 0 Å². The van der Waals surface area contributed by atoms with Gasteiger partial charge in [-0.2, -0.15) is 0 Å². The number of Topliss-reactive ketones (excluding diaryl/α,β-unsaturated/α-hetero) is 2. The van der Waals surface area contributed by atoms with Crippen LogP contribution in [0.25, 0.3) is 0 Å². The predicted octanol–water partition coefficient (Wildman–Crippen LogP) is 0.880. The second kappa shape index (κ2) is 9.82. The van der Waals surface area contributed by atoms with Crippen LogP contribution in [0.5, 0.6) is 0 Å². The number of hydrogen-bond acceptors (Lipinski definition) is 4. The SMILES string of the molecule is CCC(=O)CC(=O)O.CCCC(=O)C(=O)O. The zero-order valence-electron chi connectivity index (χ0n) is 9.36. The van der Waals surface area contributed by atoms with E-state index >= 15 is 0 Å². The van der Waals surface area contributed by atoms with Gasteiger partial charge in [-0.3, -0.25) is 14.4 Å². The first-order valence-electron chi connectivity index (χ1n) is 4.84. The van der Waals surface area contributed by atoms with E-state index in [2.05, 4.69) is 0 Å². The molecule has 0 aliphatic heterocycles. The molecule has 0 aromatic heterocycles. The van der Waals surface area contributed by atoms with Gasteiger partial charge in [-0.05, 0) is 6.42 Å². The van der Waals surface area contributed by atoms with Gasteiger partial charge in [-0.25, -0.2) is 4.79 Å². The van der Waals surface area contributed by atoms with Crippen LogP contribution in [0, 0.1) is 0 Å². The second-order valence-electron chi connectivity index (χ2n) is 2.94. The van der Waals surface area contributed by atoms with Crippen LogP contribution in [-0.2, 0) is 19.2 Å². The lowest BCUT2D eigenvalue weighted by Gasteiger charge is -1.86. The molecule has 0 atom stereocenters. The summed E-state index contributed by atoms with van der Waals surface area (Å²) in [6.07, 6.45) is 0.725. The van der Waals surface area contributed by atoms with Crippen LogP contribution < -0.4 is 0 Å². The van der Waals surface area contributed by atoms with Crippen LogP contribution in [0.2, 0.25) is 0 Å². The van der Waals surface area contributed by atoms with Crippen molar-refractivity contribution in [2.24, 2.45) is 0 Å². The third kappa shape index (κ3) is 12.3. The predicted molar refractivity (Wildman–Crippen MR) is 55.1 cm³/mol. The van der Waals surface area contributed by atoms with Crippen molar-refractivity contribution in [1.29, 1.82) is 0 Å². The minimum absolute atomic E-state index is 0.148. The topological polar surface area (TPSA) is 109 Å². The van der Waals surface area contributed by atoms with Crippen LogP contribution in [-0.4, -0.2) is 33.7 Å². The summed E-state index contributed by atoms with van der Waals surface area (Å²) in [6, 6.07) is 0. The molecule has 0 saturated heterocycles. The van der Waals surface area contributed by atoms with Crippen molar-refractivity contribution in [3.05, 3.63) is 0 Å². The molecule has 0 aliphatic rings. The summed E-state index contributed by atoms with van der Waals surface area (Å²) in [4.78, 5) is 39.9. The van der Waals surface area contributed by atoms with Crippen molar-refractivity contribution < 1.29 is 29.4 Å². The van der Waals surface area contributed by atoms with Gasteiger partial charge in [-0.1, -0.05) is 13.8 Å². The molecule has 0 aromatic rings. The average molecular weight is 232 g/mol. The highest BCUT2D eigenvalue weighted by Gasteiger charge is 2.07.